The second-order valence-electron chi connectivity index (χ2n) is 3.87. The van der Waals surface area contributed by atoms with Crippen LogP contribution in [-0.4, -0.2) is 6.34 Å². The van der Waals surface area contributed by atoms with Crippen LogP contribution in [0.25, 0.3) is 10.8 Å². The summed E-state index contributed by atoms with van der Waals surface area (Å²) in [5.74, 6) is 0. The average molecular weight is 208 g/mol. The van der Waals surface area contributed by atoms with Crippen LogP contribution in [-0.2, 0) is 6.42 Å². The fourth-order valence-corrected chi connectivity index (χ4v) is 2.16. The molecule has 16 heavy (non-hydrogen) atoms. The van der Waals surface area contributed by atoms with Crippen LogP contribution >= 0.6 is 0 Å². The maximum absolute atomic E-state index is 4.45. The molecule has 0 radical (unpaired) electrons. The molecule has 0 fully saturated rings. The molecule has 0 saturated carbocycles. The second kappa shape index (κ2) is 3.49. The van der Waals surface area contributed by atoms with E-state index in [-0.39, 0.29) is 0 Å². The van der Waals surface area contributed by atoms with Gasteiger partial charge >= 0.3 is 0 Å². The van der Waals surface area contributed by atoms with Gasteiger partial charge in [0.05, 0.1) is 12.0 Å². The molecule has 1 N–H and O–H groups in total. The molecule has 0 atom stereocenters. The largest absolute Gasteiger partial charge is 0.346 e. The van der Waals surface area contributed by atoms with Crippen LogP contribution < -0.4 is 5.32 Å². The van der Waals surface area contributed by atoms with Gasteiger partial charge in [0, 0.05) is 11.1 Å². The van der Waals surface area contributed by atoms with Crippen LogP contribution in [0.5, 0.6) is 0 Å². The highest BCUT2D eigenvalue weighted by atomic mass is 15.0. The highest BCUT2D eigenvalue weighted by molar-refractivity contribution is 6.09. The minimum absolute atomic E-state index is 0.858. The van der Waals surface area contributed by atoms with Crippen LogP contribution in [0, 0.1) is 0 Å². The summed E-state index contributed by atoms with van der Waals surface area (Å²) in [7, 11) is 0. The number of allylic oxidation sites excluding steroid dienone is 1. The molecule has 0 amide bonds. The first-order valence-electron chi connectivity index (χ1n) is 5.35. The van der Waals surface area contributed by atoms with Crippen molar-refractivity contribution in [2.75, 3.05) is 5.32 Å². The lowest BCUT2D eigenvalue weighted by molar-refractivity contribution is 1.27. The Balaban J connectivity index is 2.39. The van der Waals surface area contributed by atoms with E-state index < -0.39 is 0 Å². The van der Waals surface area contributed by atoms with Crippen molar-refractivity contribution in [3.63, 3.8) is 0 Å². The summed E-state index contributed by atoms with van der Waals surface area (Å²) in [6, 6.07) is 10.5. The van der Waals surface area contributed by atoms with Gasteiger partial charge < -0.3 is 5.32 Å². The summed E-state index contributed by atoms with van der Waals surface area (Å²) >= 11 is 0. The molecule has 2 aromatic rings. The first-order chi connectivity index (χ1) is 7.90. The van der Waals surface area contributed by atoms with Gasteiger partial charge in [0.1, 0.15) is 0 Å². The summed E-state index contributed by atoms with van der Waals surface area (Å²) in [6.45, 7) is 3.78. The summed E-state index contributed by atoms with van der Waals surface area (Å²) in [4.78, 5) is 4.45. The molecular formula is C14H12N2. The normalized spacial score (nSPS) is 12.5. The van der Waals surface area contributed by atoms with E-state index in [4.69, 9.17) is 0 Å². The number of rotatable bonds is 2. The van der Waals surface area contributed by atoms with E-state index >= 15 is 0 Å². The molecule has 0 spiro atoms. The van der Waals surface area contributed by atoms with Crippen LogP contribution in [0.4, 0.5) is 11.4 Å². The number of anilines is 1. The van der Waals surface area contributed by atoms with Crippen molar-refractivity contribution >= 4 is 28.5 Å². The summed E-state index contributed by atoms with van der Waals surface area (Å²) < 4.78 is 0. The number of hydrogen-bond donors (Lipinski definition) is 1. The maximum atomic E-state index is 4.45. The zero-order valence-electron chi connectivity index (χ0n) is 8.90. The quantitative estimate of drug-likeness (QED) is 0.748. The van der Waals surface area contributed by atoms with Crippen molar-refractivity contribution < 1.29 is 0 Å². The number of nitrogens with zero attached hydrogens (tertiary/aromatic N) is 1. The van der Waals surface area contributed by atoms with Crippen LogP contribution in [0.1, 0.15) is 5.56 Å². The standard InChI is InChI=1S/C14H12N2/c1-2-4-11-8-7-10-5-3-6-12-13(10)14(11)16-9-15-12/h2-3,5-9H,1,4H2,(H,15,16). The number of hydrogen-bond acceptors (Lipinski definition) is 2. The van der Waals surface area contributed by atoms with Gasteiger partial charge in [-0.25, -0.2) is 4.99 Å². The van der Waals surface area contributed by atoms with Crippen molar-refractivity contribution in [3.8, 4) is 0 Å². The number of aliphatic imine (C=N–C) groups is 1. The Kier molecular flexibility index (Phi) is 2.00. The van der Waals surface area contributed by atoms with Gasteiger partial charge in [0.2, 0.25) is 0 Å². The van der Waals surface area contributed by atoms with Gasteiger partial charge in [-0.1, -0.05) is 30.3 Å². The fraction of sp³-hybridized carbons (Fsp3) is 0.0714. The molecule has 2 aromatic carbocycles. The van der Waals surface area contributed by atoms with E-state index in [2.05, 4.69) is 47.2 Å². The Morgan fingerprint density at radius 1 is 1.25 bits per heavy atom. The molecule has 0 unspecified atom stereocenters. The lowest BCUT2D eigenvalue weighted by Crippen LogP contribution is -2.01. The van der Waals surface area contributed by atoms with Crippen molar-refractivity contribution in [1.29, 1.82) is 0 Å². The van der Waals surface area contributed by atoms with Gasteiger partial charge in [0.15, 0.2) is 0 Å². The van der Waals surface area contributed by atoms with Crippen LogP contribution in [0.15, 0.2) is 48.0 Å². The lowest BCUT2D eigenvalue weighted by atomic mass is 10.00. The van der Waals surface area contributed by atoms with Gasteiger partial charge in [-0.3, -0.25) is 0 Å². The smallest absolute Gasteiger partial charge is 0.0930 e. The minimum Gasteiger partial charge on any atom is -0.346 e. The summed E-state index contributed by atoms with van der Waals surface area (Å²) in [5, 5.41) is 5.62. The van der Waals surface area contributed by atoms with Gasteiger partial charge in [0.25, 0.3) is 0 Å². The molecule has 1 aliphatic rings. The third-order valence-corrected chi connectivity index (χ3v) is 2.88. The monoisotopic (exact) mass is 208 g/mol. The summed E-state index contributed by atoms with van der Waals surface area (Å²) in [5.41, 5.74) is 3.44. The lowest BCUT2D eigenvalue weighted by Gasteiger charge is -2.15. The average Bonchev–Trinajstić information content (AvgIpc) is 2.33. The SMILES string of the molecule is C=CCc1ccc2cccc3c2c1N=CN3. The van der Waals surface area contributed by atoms with Gasteiger partial charge in [-0.15, -0.1) is 6.58 Å². The number of nitrogens with one attached hydrogen (secondary N) is 1. The van der Waals surface area contributed by atoms with Crippen molar-refractivity contribution in [3.05, 3.63) is 48.6 Å². The predicted molar refractivity (Wildman–Crippen MR) is 69.6 cm³/mol. The zero-order chi connectivity index (χ0) is 11.0. The Morgan fingerprint density at radius 2 is 2.19 bits per heavy atom. The third kappa shape index (κ3) is 1.23. The van der Waals surface area contributed by atoms with E-state index in [1.807, 2.05) is 6.08 Å². The van der Waals surface area contributed by atoms with Crippen LogP contribution in [0.3, 0.4) is 0 Å². The molecule has 2 heteroatoms. The predicted octanol–water partition coefficient (Wildman–Crippen LogP) is 3.65. The van der Waals surface area contributed by atoms with E-state index in [1.54, 1.807) is 6.34 Å². The second-order valence-corrected chi connectivity index (χ2v) is 3.87. The number of benzene rings is 2. The highest BCUT2D eigenvalue weighted by Crippen LogP contribution is 2.37. The Labute approximate surface area is 94.3 Å². The molecule has 78 valence electrons. The van der Waals surface area contributed by atoms with Crippen molar-refractivity contribution in [2.24, 2.45) is 4.99 Å². The van der Waals surface area contributed by atoms with E-state index in [1.165, 1.54) is 16.3 Å². The van der Waals surface area contributed by atoms with Crippen molar-refractivity contribution in [1.82, 2.24) is 0 Å². The van der Waals surface area contributed by atoms with E-state index in [0.29, 0.717) is 0 Å². The molecule has 1 heterocycles. The molecule has 0 aliphatic carbocycles. The molecular weight excluding hydrogens is 196 g/mol. The van der Waals surface area contributed by atoms with Gasteiger partial charge in [-0.2, -0.15) is 0 Å². The zero-order valence-corrected chi connectivity index (χ0v) is 8.90. The molecule has 2 nitrogen and oxygen atoms in total. The molecule has 0 bridgehead atoms. The third-order valence-electron chi connectivity index (χ3n) is 2.88. The maximum Gasteiger partial charge on any atom is 0.0930 e. The van der Waals surface area contributed by atoms with Crippen LogP contribution in [0.2, 0.25) is 0 Å². The van der Waals surface area contributed by atoms with E-state index in [0.717, 1.165) is 17.8 Å². The molecule has 3 rings (SSSR count). The Hall–Kier alpha value is -2.09. The highest BCUT2D eigenvalue weighted by Gasteiger charge is 2.11. The van der Waals surface area contributed by atoms with E-state index in [9.17, 15) is 0 Å². The Morgan fingerprint density at radius 3 is 3.06 bits per heavy atom. The Bertz CT molecular complexity index is 597. The molecule has 0 saturated heterocycles. The van der Waals surface area contributed by atoms with Crippen molar-refractivity contribution in [2.45, 2.75) is 6.42 Å². The first kappa shape index (κ1) is 9.16. The fourth-order valence-electron chi connectivity index (χ4n) is 2.16. The molecule has 1 aliphatic heterocycles. The summed E-state index contributed by atoms with van der Waals surface area (Å²) in [6.07, 6.45) is 4.53. The minimum atomic E-state index is 0.858. The topological polar surface area (TPSA) is 24.4 Å². The van der Waals surface area contributed by atoms with Gasteiger partial charge in [-0.05, 0) is 23.4 Å². The molecule has 0 aromatic heterocycles. The first-order valence-corrected chi connectivity index (χ1v) is 5.35.